The van der Waals surface area contributed by atoms with Gasteiger partial charge in [0, 0.05) is 11.5 Å². The standard InChI is InChI=1S/C26H38O5/c1-8-16(5)25(28)30-24-21-20-19(14(2)3)13-12-15(4)10-9-11-17(6)23(20)31-26(21)29-18(7)22(24)27/h8,10,14,18-21,23-24,26H,6,9,11-13H2,1-5,7H3/b15-10-,16-8-/t18-,19+,20+,21+,23-,24+,26+/m1/s1. The number of rotatable bonds is 3. The molecule has 7 atom stereocenters. The molecule has 2 heterocycles. The van der Waals surface area contributed by atoms with E-state index >= 15 is 0 Å². The summed E-state index contributed by atoms with van der Waals surface area (Å²) in [5.41, 5.74) is 2.92. The molecule has 2 fully saturated rings. The van der Waals surface area contributed by atoms with Crippen molar-refractivity contribution in [2.24, 2.45) is 23.7 Å². The number of carbonyl (C=O) groups excluding carboxylic acids is 2. The highest BCUT2D eigenvalue weighted by Gasteiger charge is 2.59. The van der Waals surface area contributed by atoms with Crippen molar-refractivity contribution < 1.29 is 23.8 Å². The zero-order valence-electron chi connectivity index (χ0n) is 19.9. The van der Waals surface area contributed by atoms with Crippen LogP contribution in [0.1, 0.15) is 67.2 Å². The largest absolute Gasteiger partial charge is 0.450 e. The minimum atomic E-state index is -0.861. The Bertz CT molecular complexity index is 777. The van der Waals surface area contributed by atoms with Gasteiger partial charge in [0.2, 0.25) is 5.78 Å². The van der Waals surface area contributed by atoms with E-state index in [-0.39, 0.29) is 23.7 Å². The van der Waals surface area contributed by atoms with Gasteiger partial charge in [0.05, 0.1) is 12.0 Å². The smallest absolute Gasteiger partial charge is 0.334 e. The number of hydrogen-bond donors (Lipinski definition) is 0. The fraction of sp³-hybridized carbons (Fsp3) is 0.692. The van der Waals surface area contributed by atoms with Gasteiger partial charge in [-0.3, -0.25) is 4.79 Å². The molecular formula is C26H38O5. The molecule has 2 saturated heterocycles. The van der Waals surface area contributed by atoms with Gasteiger partial charge in [-0.1, -0.05) is 38.2 Å². The van der Waals surface area contributed by atoms with Gasteiger partial charge < -0.3 is 14.2 Å². The second-order valence-corrected chi connectivity index (χ2v) is 9.75. The zero-order chi connectivity index (χ0) is 22.9. The normalized spacial score (nSPS) is 38.9. The van der Waals surface area contributed by atoms with E-state index in [4.69, 9.17) is 14.2 Å². The van der Waals surface area contributed by atoms with Crippen LogP contribution in [0.5, 0.6) is 0 Å². The van der Waals surface area contributed by atoms with Gasteiger partial charge >= 0.3 is 5.97 Å². The van der Waals surface area contributed by atoms with Gasteiger partial charge in [0.25, 0.3) is 0 Å². The quantitative estimate of drug-likeness (QED) is 0.352. The summed E-state index contributed by atoms with van der Waals surface area (Å²) in [5.74, 6) is -0.247. The molecule has 0 aromatic carbocycles. The maximum Gasteiger partial charge on any atom is 0.334 e. The summed E-state index contributed by atoms with van der Waals surface area (Å²) in [4.78, 5) is 25.8. The summed E-state index contributed by atoms with van der Waals surface area (Å²) in [5, 5.41) is 0. The summed E-state index contributed by atoms with van der Waals surface area (Å²) in [7, 11) is 0. The Hall–Kier alpha value is -1.72. The molecule has 0 saturated carbocycles. The Kier molecular flexibility index (Phi) is 7.59. The molecule has 0 bridgehead atoms. The molecule has 5 heteroatoms. The van der Waals surface area contributed by atoms with E-state index in [1.165, 1.54) is 5.57 Å². The molecule has 1 aliphatic carbocycles. The van der Waals surface area contributed by atoms with Crippen LogP contribution in [0.25, 0.3) is 0 Å². The molecule has 0 amide bonds. The number of ether oxygens (including phenoxy) is 3. The van der Waals surface area contributed by atoms with Gasteiger partial charge in [0.1, 0.15) is 6.10 Å². The number of Topliss-reactive ketones (excluding diaryl/α,β-unsaturated/α-hetero) is 1. The molecule has 172 valence electrons. The van der Waals surface area contributed by atoms with Gasteiger partial charge in [-0.05, 0) is 70.8 Å². The van der Waals surface area contributed by atoms with Crippen LogP contribution >= 0.6 is 0 Å². The molecular weight excluding hydrogens is 392 g/mol. The average molecular weight is 431 g/mol. The van der Waals surface area contributed by atoms with E-state index in [9.17, 15) is 9.59 Å². The lowest BCUT2D eigenvalue weighted by Crippen LogP contribution is -2.53. The molecule has 0 radical (unpaired) electrons. The predicted molar refractivity (Wildman–Crippen MR) is 120 cm³/mol. The van der Waals surface area contributed by atoms with Crippen LogP contribution < -0.4 is 0 Å². The third-order valence-electron chi connectivity index (χ3n) is 7.33. The van der Waals surface area contributed by atoms with Crippen LogP contribution in [-0.4, -0.2) is 36.4 Å². The number of esters is 1. The fourth-order valence-corrected chi connectivity index (χ4v) is 5.32. The van der Waals surface area contributed by atoms with Crippen LogP contribution in [0.4, 0.5) is 0 Å². The van der Waals surface area contributed by atoms with Crippen molar-refractivity contribution >= 4 is 11.8 Å². The number of carbonyl (C=O) groups is 2. The van der Waals surface area contributed by atoms with Crippen LogP contribution in [-0.2, 0) is 23.8 Å². The van der Waals surface area contributed by atoms with Crippen LogP contribution in [0, 0.1) is 23.7 Å². The Morgan fingerprint density at radius 2 is 1.97 bits per heavy atom. The van der Waals surface area contributed by atoms with Crippen molar-refractivity contribution in [2.75, 3.05) is 0 Å². The molecule has 0 unspecified atom stereocenters. The summed E-state index contributed by atoms with van der Waals surface area (Å²) >= 11 is 0. The van der Waals surface area contributed by atoms with E-state index < -0.39 is 24.5 Å². The number of hydrogen-bond acceptors (Lipinski definition) is 5. The van der Waals surface area contributed by atoms with Crippen molar-refractivity contribution in [1.82, 2.24) is 0 Å². The first kappa shape index (κ1) is 23.9. The van der Waals surface area contributed by atoms with Crippen LogP contribution in [0.15, 0.2) is 35.5 Å². The first-order valence-corrected chi connectivity index (χ1v) is 11.7. The maximum absolute atomic E-state index is 13.2. The first-order valence-electron chi connectivity index (χ1n) is 11.7. The van der Waals surface area contributed by atoms with E-state index in [2.05, 4.69) is 33.4 Å². The molecule has 31 heavy (non-hydrogen) atoms. The third-order valence-corrected chi connectivity index (χ3v) is 7.33. The van der Waals surface area contributed by atoms with Crippen molar-refractivity contribution in [3.63, 3.8) is 0 Å². The number of allylic oxidation sites excluding steroid dienone is 3. The highest BCUT2D eigenvalue weighted by atomic mass is 16.7. The highest BCUT2D eigenvalue weighted by Crippen LogP contribution is 2.50. The summed E-state index contributed by atoms with van der Waals surface area (Å²) in [6.45, 7) is 16.2. The molecule has 0 aromatic rings. The Balaban J connectivity index is 2.02. The summed E-state index contributed by atoms with van der Waals surface area (Å²) < 4.78 is 18.3. The molecule has 5 nitrogen and oxygen atoms in total. The Morgan fingerprint density at radius 3 is 2.61 bits per heavy atom. The van der Waals surface area contributed by atoms with Gasteiger partial charge in [-0.25, -0.2) is 4.79 Å². The monoisotopic (exact) mass is 430 g/mol. The van der Waals surface area contributed by atoms with Crippen molar-refractivity contribution in [1.29, 1.82) is 0 Å². The molecule has 2 aliphatic heterocycles. The fourth-order valence-electron chi connectivity index (χ4n) is 5.32. The minimum Gasteiger partial charge on any atom is -0.450 e. The molecule has 0 aromatic heterocycles. The second kappa shape index (κ2) is 9.83. The lowest BCUT2D eigenvalue weighted by Gasteiger charge is -2.40. The van der Waals surface area contributed by atoms with Crippen LogP contribution in [0.2, 0.25) is 0 Å². The van der Waals surface area contributed by atoms with Gasteiger partial charge in [-0.15, -0.1) is 0 Å². The molecule has 0 N–H and O–H groups in total. The lowest BCUT2D eigenvalue weighted by molar-refractivity contribution is -0.217. The second-order valence-electron chi connectivity index (χ2n) is 9.75. The average Bonchev–Trinajstić information content (AvgIpc) is 3.08. The third kappa shape index (κ3) is 4.88. The topological polar surface area (TPSA) is 61.8 Å². The van der Waals surface area contributed by atoms with Gasteiger partial charge in [-0.2, -0.15) is 0 Å². The van der Waals surface area contributed by atoms with Crippen molar-refractivity contribution in [2.45, 2.75) is 91.8 Å². The van der Waals surface area contributed by atoms with E-state index in [1.54, 1.807) is 26.8 Å². The highest BCUT2D eigenvalue weighted by molar-refractivity contribution is 5.93. The minimum absolute atomic E-state index is 0.0172. The molecule has 3 aliphatic rings. The van der Waals surface area contributed by atoms with E-state index in [0.717, 1.165) is 31.3 Å². The Labute approximate surface area is 186 Å². The zero-order valence-corrected chi connectivity index (χ0v) is 19.9. The molecule has 0 spiro atoms. The summed E-state index contributed by atoms with van der Waals surface area (Å²) in [6, 6.07) is 0. The van der Waals surface area contributed by atoms with E-state index in [1.807, 2.05) is 0 Å². The Morgan fingerprint density at radius 1 is 1.26 bits per heavy atom. The summed E-state index contributed by atoms with van der Waals surface area (Å²) in [6.07, 6.45) is 5.51. The van der Waals surface area contributed by atoms with E-state index in [0.29, 0.717) is 17.4 Å². The van der Waals surface area contributed by atoms with Crippen molar-refractivity contribution in [3.05, 3.63) is 35.5 Å². The number of fused-ring (bicyclic) bond motifs is 3. The SMILES string of the molecule is C=C1CC/C=C(/C)CC[C@@H](C(C)C)[C@H]2[C@@H]3[C@H](O[C@H]12)O[C@H](C)C(=O)[C@H]3OC(=O)/C(C)=C\C. The van der Waals surface area contributed by atoms with Crippen LogP contribution in [0.3, 0.4) is 0 Å². The van der Waals surface area contributed by atoms with Crippen molar-refractivity contribution in [3.8, 4) is 0 Å². The maximum atomic E-state index is 13.2. The number of ketones is 1. The van der Waals surface area contributed by atoms with Gasteiger partial charge in [0.15, 0.2) is 12.4 Å². The lowest BCUT2D eigenvalue weighted by atomic mass is 9.67. The first-order chi connectivity index (χ1) is 14.6. The molecule has 3 rings (SSSR count). The predicted octanol–water partition coefficient (Wildman–Crippen LogP) is 5.16.